The smallest absolute Gasteiger partial charge is 0.339 e. The van der Waals surface area contributed by atoms with Gasteiger partial charge in [-0.25, -0.2) is 4.79 Å². The zero-order valence-electron chi connectivity index (χ0n) is 5.77. The normalized spacial score (nSPS) is 17.0. The Labute approximate surface area is 66.6 Å². The molecule has 12 heavy (non-hydrogen) atoms. The Kier molecular flexibility index (Phi) is 1.78. The van der Waals surface area contributed by atoms with E-state index in [1.54, 1.807) is 0 Å². The number of allylic oxidation sites excluding steroid dienone is 2. The number of aliphatic hydroxyl groups is 1. The fraction of sp³-hybridized carbons (Fsp3) is 0. The Hall–Kier alpha value is -1.91. The second-order valence-electron chi connectivity index (χ2n) is 2.12. The molecule has 0 spiro atoms. The van der Waals surface area contributed by atoms with Crippen molar-refractivity contribution >= 4 is 17.5 Å². The molecule has 0 atom stereocenters. The lowest BCUT2D eigenvalue weighted by Crippen LogP contribution is -2.18. The molecule has 0 saturated carbocycles. The molecular weight excluding hydrogens is 164 g/mol. The van der Waals surface area contributed by atoms with Crippen molar-refractivity contribution in [1.82, 2.24) is 0 Å². The number of aliphatic carboxylic acids is 1. The first kappa shape index (κ1) is 8.19. The minimum absolute atomic E-state index is 0.589. The van der Waals surface area contributed by atoms with Crippen molar-refractivity contribution in [1.29, 1.82) is 0 Å². The van der Waals surface area contributed by atoms with E-state index in [0.29, 0.717) is 12.2 Å². The monoisotopic (exact) mass is 168 g/mol. The number of rotatable bonds is 1. The molecule has 62 valence electrons. The minimum atomic E-state index is -1.47. The summed E-state index contributed by atoms with van der Waals surface area (Å²) in [6.45, 7) is 0. The maximum atomic E-state index is 10.8. The van der Waals surface area contributed by atoms with Crippen molar-refractivity contribution in [2.24, 2.45) is 0 Å². The summed E-state index contributed by atoms with van der Waals surface area (Å²) < 4.78 is 0. The van der Waals surface area contributed by atoms with Crippen LogP contribution in [-0.4, -0.2) is 27.7 Å². The van der Waals surface area contributed by atoms with Crippen molar-refractivity contribution in [2.45, 2.75) is 0 Å². The molecule has 0 bridgehead atoms. The van der Waals surface area contributed by atoms with Gasteiger partial charge in [-0.3, -0.25) is 9.59 Å². The van der Waals surface area contributed by atoms with Crippen LogP contribution >= 0.6 is 0 Å². The van der Waals surface area contributed by atoms with Crippen LogP contribution in [0.3, 0.4) is 0 Å². The van der Waals surface area contributed by atoms with Gasteiger partial charge in [0, 0.05) is 12.2 Å². The molecule has 5 nitrogen and oxygen atoms in total. The molecular formula is C7H4O5. The SMILES string of the molecule is O=C(O)C1=CC(=O)C(O)=CC1=O. The van der Waals surface area contributed by atoms with Gasteiger partial charge in [-0.05, 0) is 0 Å². The van der Waals surface area contributed by atoms with Gasteiger partial charge in [-0.2, -0.15) is 0 Å². The van der Waals surface area contributed by atoms with E-state index in [4.69, 9.17) is 10.2 Å². The van der Waals surface area contributed by atoms with Gasteiger partial charge in [0.05, 0.1) is 0 Å². The molecule has 0 fully saturated rings. The summed E-state index contributed by atoms with van der Waals surface area (Å²) in [7, 11) is 0. The van der Waals surface area contributed by atoms with Gasteiger partial charge in [0.1, 0.15) is 5.57 Å². The molecule has 1 rings (SSSR count). The minimum Gasteiger partial charge on any atom is -0.504 e. The third-order valence-corrected chi connectivity index (χ3v) is 1.29. The number of hydrogen-bond acceptors (Lipinski definition) is 4. The van der Waals surface area contributed by atoms with Gasteiger partial charge in [0.25, 0.3) is 0 Å². The lowest BCUT2D eigenvalue weighted by molar-refractivity contribution is -0.134. The third kappa shape index (κ3) is 1.24. The van der Waals surface area contributed by atoms with Crippen molar-refractivity contribution in [3.63, 3.8) is 0 Å². The number of ketones is 2. The second kappa shape index (κ2) is 2.61. The van der Waals surface area contributed by atoms with E-state index in [0.717, 1.165) is 0 Å². The third-order valence-electron chi connectivity index (χ3n) is 1.29. The summed E-state index contributed by atoms with van der Waals surface area (Å²) >= 11 is 0. The molecule has 0 unspecified atom stereocenters. The molecule has 0 saturated heterocycles. The van der Waals surface area contributed by atoms with Gasteiger partial charge in [0.15, 0.2) is 11.5 Å². The van der Waals surface area contributed by atoms with Crippen molar-refractivity contribution < 1.29 is 24.6 Å². The van der Waals surface area contributed by atoms with E-state index in [9.17, 15) is 14.4 Å². The van der Waals surface area contributed by atoms with Crippen LogP contribution in [0.5, 0.6) is 0 Å². The van der Waals surface area contributed by atoms with E-state index in [-0.39, 0.29) is 0 Å². The van der Waals surface area contributed by atoms with E-state index >= 15 is 0 Å². The summed E-state index contributed by atoms with van der Waals surface area (Å²) in [6, 6.07) is 0. The molecule has 0 heterocycles. The Morgan fingerprint density at radius 3 is 2.25 bits per heavy atom. The van der Waals surface area contributed by atoms with E-state index in [2.05, 4.69) is 0 Å². The Morgan fingerprint density at radius 1 is 1.17 bits per heavy atom. The maximum Gasteiger partial charge on any atom is 0.339 e. The van der Waals surface area contributed by atoms with Crippen molar-refractivity contribution in [3.05, 3.63) is 23.5 Å². The zero-order chi connectivity index (χ0) is 9.30. The fourth-order valence-corrected chi connectivity index (χ4v) is 0.716. The van der Waals surface area contributed by atoms with Gasteiger partial charge < -0.3 is 10.2 Å². The maximum absolute atomic E-state index is 10.8. The molecule has 0 aliphatic heterocycles. The second-order valence-corrected chi connectivity index (χ2v) is 2.12. The summed E-state index contributed by atoms with van der Waals surface area (Å²) in [6.07, 6.45) is 1.19. The number of carboxylic acids is 1. The van der Waals surface area contributed by atoms with E-state index in [1.807, 2.05) is 0 Å². The topological polar surface area (TPSA) is 91.7 Å². The molecule has 1 aliphatic carbocycles. The number of hydrogen-bond donors (Lipinski definition) is 2. The van der Waals surface area contributed by atoms with Crippen LogP contribution in [0.1, 0.15) is 0 Å². The fourth-order valence-electron chi connectivity index (χ4n) is 0.716. The van der Waals surface area contributed by atoms with Gasteiger partial charge in [-0.1, -0.05) is 0 Å². The number of carboxylic acid groups (broad SMARTS) is 1. The number of carbonyl (C=O) groups is 3. The zero-order valence-corrected chi connectivity index (χ0v) is 5.77. The predicted molar refractivity (Wildman–Crippen MR) is 36.4 cm³/mol. The van der Waals surface area contributed by atoms with Crippen LogP contribution in [0, 0.1) is 0 Å². The number of carbonyl (C=O) groups excluding carboxylic acids is 2. The quantitative estimate of drug-likeness (QED) is 0.410. The van der Waals surface area contributed by atoms with Crippen LogP contribution in [0.4, 0.5) is 0 Å². The van der Waals surface area contributed by atoms with Gasteiger partial charge >= 0.3 is 5.97 Å². The van der Waals surface area contributed by atoms with Crippen LogP contribution in [0.25, 0.3) is 0 Å². The Morgan fingerprint density at radius 2 is 1.75 bits per heavy atom. The standard InChI is InChI=1S/C7H4O5/c8-4-2-6(10)5(9)1-3(4)7(11)12/h1-2,10H,(H,11,12). The summed E-state index contributed by atoms with van der Waals surface area (Å²) in [4.78, 5) is 31.7. The Bertz CT molecular complexity index is 334. The van der Waals surface area contributed by atoms with Gasteiger partial charge in [0.2, 0.25) is 5.78 Å². The molecule has 0 aromatic heterocycles. The number of aliphatic hydroxyl groups excluding tert-OH is 1. The largest absolute Gasteiger partial charge is 0.504 e. The van der Waals surface area contributed by atoms with Crippen molar-refractivity contribution in [3.8, 4) is 0 Å². The first-order chi connectivity index (χ1) is 5.52. The predicted octanol–water partition coefficient (Wildman–Crippen LogP) is -0.409. The molecule has 5 heteroatoms. The average Bonchev–Trinajstić information content (AvgIpc) is 1.96. The average molecular weight is 168 g/mol. The molecule has 2 N–H and O–H groups in total. The summed E-state index contributed by atoms with van der Waals surface area (Å²) in [5.41, 5.74) is -0.627. The lowest BCUT2D eigenvalue weighted by atomic mass is 10.0. The lowest BCUT2D eigenvalue weighted by Gasteiger charge is -2.02. The highest BCUT2D eigenvalue weighted by Crippen LogP contribution is 2.09. The highest BCUT2D eigenvalue weighted by atomic mass is 16.4. The van der Waals surface area contributed by atoms with E-state index < -0.39 is 28.9 Å². The van der Waals surface area contributed by atoms with E-state index in [1.165, 1.54) is 0 Å². The first-order valence-electron chi connectivity index (χ1n) is 2.96. The van der Waals surface area contributed by atoms with Crippen LogP contribution in [-0.2, 0) is 14.4 Å². The summed E-state index contributed by atoms with van der Waals surface area (Å²) in [5, 5.41) is 17.1. The molecule has 0 radical (unpaired) electrons. The van der Waals surface area contributed by atoms with Crippen molar-refractivity contribution in [2.75, 3.05) is 0 Å². The van der Waals surface area contributed by atoms with Gasteiger partial charge in [-0.15, -0.1) is 0 Å². The molecule has 0 amide bonds. The van der Waals surface area contributed by atoms with Crippen LogP contribution < -0.4 is 0 Å². The van der Waals surface area contributed by atoms with Crippen LogP contribution in [0.2, 0.25) is 0 Å². The Balaban J connectivity index is 3.09. The molecule has 0 aromatic rings. The highest BCUT2D eigenvalue weighted by molar-refractivity contribution is 6.29. The van der Waals surface area contributed by atoms with Crippen LogP contribution in [0.15, 0.2) is 23.5 Å². The summed E-state index contributed by atoms with van der Waals surface area (Å²) in [5.74, 6) is -3.95. The first-order valence-corrected chi connectivity index (χ1v) is 2.96. The highest BCUT2D eigenvalue weighted by Gasteiger charge is 2.23. The molecule has 1 aliphatic rings. The molecule has 0 aromatic carbocycles.